The first kappa shape index (κ1) is 8.50. The topological polar surface area (TPSA) is 26.0 Å². The van der Waals surface area contributed by atoms with Crippen LogP contribution in [-0.4, -0.2) is 14.6 Å². The van der Waals surface area contributed by atoms with E-state index in [9.17, 15) is 0 Å². The van der Waals surface area contributed by atoms with E-state index in [4.69, 9.17) is 4.69 Å². The summed E-state index contributed by atoms with van der Waals surface area (Å²) in [6.45, 7) is 4.44. The molecule has 0 aliphatic rings. The zero-order valence-electron chi connectivity index (χ0n) is 5.91. The summed E-state index contributed by atoms with van der Waals surface area (Å²) >= 11 is -0.935. The third kappa shape index (κ3) is 4.66. The fourth-order valence-electron chi connectivity index (χ4n) is 0.767. The van der Waals surface area contributed by atoms with Crippen molar-refractivity contribution in [3.8, 4) is 0 Å². The van der Waals surface area contributed by atoms with Crippen molar-refractivity contribution < 1.29 is 0 Å². The van der Waals surface area contributed by atoms with Crippen LogP contribution in [0.2, 0.25) is 10.5 Å². The van der Waals surface area contributed by atoms with Crippen LogP contribution in [0.25, 0.3) is 0 Å². The molecule has 8 heavy (non-hydrogen) atoms. The van der Waals surface area contributed by atoms with E-state index in [2.05, 4.69) is 13.8 Å². The van der Waals surface area contributed by atoms with Gasteiger partial charge in [0.1, 0.15) is 0 Å². The van der Waals surface area contributed by atoms with E-state index in [-0.39, 0.29) is 0 Å². The first-order valence-electron chi connectivity index (χ1n) is 3.41. The molecule has 1 nitrogen and oxygen atoms in total. The zero-order valence-corrected chi connectivity index (χ0v) is 8.00. The molecule has 0 aliphatic heterocycles. The van der Waals surface area contributed by atoms with Gasteiger partial charge in [-0.05, 0) is 0 Å². The molecule has 0 aromatic rings. The molecule has 1 radical (unpaired) electrons. The quantitative estimate of drug-likeness (QED) is 0.647. The summed E-state index contributed by atoms with van der Waals surface area (Å²) < 4.78 is 5.86. The van der Waals surface area contributed by atoms with E-state index in [1.807, 2.05) is 0 Å². The molecule has 0 saturated carbocycles. The van der Waals surface area contributed by atoms with Gasteiger partial charge in [-0.1, -0.05) is 0 Å². The number of hydrogen-bond acceptors (Lipinski definition) is 1. The van der Waals surface area contributed by atoms with Crippen molar-refractivity contribution in [3.63, 3.8) is 0 Å². The Kier molecular flexibility index (Phi) is 5.99. The van der Waals surface area contributed by atoms with Gasteiger partial charge in [0.15, 0.2) is 0 Å². The van der Waals surface area contributed by atoms with Crippen LogP contribution in [-0.2, 0) is 0 Å². The van der Waals surface area contributed by atoms with Crippen LogP contribution in [0.3, 0.4) is 0 Å². The third-order valence-corrected chi connectivity index (χ3v) is 5.94. The van der Waals surface area contributed by atoms with Gasteiger partial charge in [0.05, 0.1) is 0 Å². The molecule has 0 heterocycles. The SMILES string of the molecule is CC[CH2][Ge]([NH2])[CH2]CC. The molecule has 0 aromatic heterocycles. The van der Waals surface area contributed by atoms with Crippen LogP contribution in [0.5, 0.6) is 0 Å². The van der Waals surface area contributed by atoms with Gasteiger partial charge in [-0.25, -0.2) is 0 Å². The summed E-state index contributed by atoms with van der Waals surface area (Å²) in [7, 11) is 0. The summed E-state index contributed by atoms with van der Waals surface area (Å²) in [5, 5.41) is 2.71. The van der Waals surface area contributed by atoms with Gasteiger partial charge in [-0.2, -0.15) is 0 Å². The Morgan fingerprint density at radius 1 is 1.12 bits per heavy atom. The summed E-state index contributed by atoms with van der Waals surface area (Å²) in [6.07, 6.45) is 2.59. The molecule has 0 aromatic carbocycles. The molecular weight excluding hydrogens is 159 g/mol. The van der Waals surface area contributed by atoms with E-state index >= 15 is 0 Å². The molecule has 0 atom stereocenters. The van der Waals surface area contributed by atoms with Crippen LogP contribution in [0.4, 0.5) is 0 Å². The molecule has 0 saturated heterocycles. The van der Waals surface area contributed by atoms with Crippen LogP contribution in [0.15, 0.2) is 0 Å². The Bertz CT molecular complexity index is 41.8. The van der Waals surface area contributed by atoms with Crippen molar-refractivity contribution in [1.29, 1.82) is 0 Å². The predicted molar refractivity (Wildman–Crippen MR) is 40.1 cm³/mol. The Morgan fingerprint density at radius 2 is 1.50 bits per heavy atom. The summed E-state index contributed by atoms with van der Waals surface area (Å²) in [6, 6.07) is 0. The molecule has 2 heteroatoms. The molecular formula is C6H16GeN. The van der Waals surface area contributed by atoms with E-state index < -0.39 is 14.6 Å². The van der Waals surface area contributed by atoms with Gasteiger partial charge < -0.3 is 0 Å². The Hall–Kier alpha value is 0.503. The Labute approximate surface area is 57.0 Å². The predicted octanol–water partition coefficient (Wildman–Crippen LogP) is 1.76. The van der Waals surface area contributed by atoms with Gasteiger partial charge in [0.25, 0.3) is 0 Å². The summed E-state index contributed by atoms with van der Waals surface area (Å²) in [4.78, 5) is 0. The van der Waals surface area contributed by atoms with Crippen LogP contribution >= 0.6 is 0 Å². The summed E-state index contributed by atoms with van der Waals surface area (Å²) in [5.74, 6) is 0. The second-order valence-corrected chi connectivity index (χ2v) is 7.02. The van der Waals surface area contributed by atoms with Crippen molar-refractivity contribution in [2.45, 2.75) is 37.2 Å². The molecule has 0 unspecified atom stereocenters. The first-order chi connectivity index (χ1) is 3.81. The van der Waals surface area contributed by atoms with Gasteiger partial charge >= 0.3 is 56.5 Å². The van der Waals surface area contributed by atoms with Crippen molar-refractivity contribution in [2.75, 3.05) is 0 Å². The molecule has 0 bridgehead atoms. The fourth-order valence-corrected chi connectivity index (χ4v) is 3.99. The van der Waals surface area contributed by atoms with Crippen molar-refractivity contribution in [1.82, 2.24) is 0 Å². The minimum atomic E-state index is -0.935. The van der Waals surface area contributed by atoms with Crippen LogP contribution < -0.4 is 4.69 Å². The van der Waals surface area contributed by atoms with Gasteiger partial charge in [-0.3, -0.25) is 0 Å². The molecule has 0 fully saturated rings. The molecule has 0 spiro atoms. The Balaban J connectivity index is 2.92. The fraction of sp³-hybridized carbons (Fsp3) is 1.00. The monoisotopic (exact) mass is 176 g/mol. The molecule has 0 amide bonds. The normalized spacial score (nSPS) is 10.5. The average molecular weight is 175 g/mol. The van der Waals surface area contributed by atoms with E-state index in [0.29, 0.717) is 0 Å². The number of nitrogens with two attached hydrogens (primary N) is 1. The van der Waals surface area contributed by atoms with E-state index in [0.717, 1.165) is 0 Å². The second kappa shape index (κ2) is 5.64. The van der Waals surface area contributed by atoms with E-state index in [1.54, 1.807) is 0 Å². The van der Waals surface area contributed by atoms with Crippen LogP contribution in [0, 0.1) is 0 Å². The van der Waals surface area contributed by atoms with Gasteiger partial charge in [0.2, 0.25) is 0 Å². The maximum absolute atomic E-state index is 5.86. The Morgan fingerprint density at radius 3 is 1.75 bits per heavy atom. The van der Waals surface area contributed by atoms with Crippen molar-refractivity contribution in [2.24, 2.45) is 4.69 Å². The summed E-state index contributed by atoms with van der Waals surface area (Å²) in [5.41, 5.74) is 0. The van der Waals surface area contributed by atoms with E-state index in [1.165, 1.54) is 23.3 Å². The first-order valence-corrected chi connectivity index (χ1v) is 7.59. The molecule has 49 valence electrons. The molecule has 0 aliphatic carbocycles. The third-order valence-electron chi connectivity index (χ3n) is 1.14. The van der Waals surface area contributed by atoms with Crippen molar-refractivity contribution in [3.05, 3.63) is 0 Å². The van der Waals surface area contributed by atoms with Gasteiger partial charge in [0, 0.05) is 0 Å². The maximum atomic E-state index is 5.86. The number of rotatable bonds is 4. The number of hydrogen-bond donors (Lipinski definition) is 1. The zero-order chi connectivity index (χ0) is 6.41. The molecule has 2 N–H and O–H groups in total. The minimum absolute atomic E-state index is 0.935. The van der Waals surface area contributed by atoms with Crippen LogP contribution in [0.1, 0.15) is 26.7 Å². The van der Waals surface area contributed by atoms with Crippen molar-refractivity contribution >= 4 is 14.6 Å². The average Bonchev–Trinajstić information content (AvgIpc) is 1.68. The standard InChI is InChI=1S/C6H16GeN/c1-3-5-7(8)6-4-2/h3-6,8H2,1-2H3. The molecule has 0 rings (SSSR count). The second-order valence-electron chi connectivity index (χ2n) is 2.16. The van der Waals surface area contributed by atoms with Gasteiger partial charge in [-0.15, -0.1) is 0 Å².